The molecule has 2 heterocycles. The van der Waals surface area contributed by atoms with Gasteiger partial charge in [0.05, 0.1) is 17.7 Å². The first-order valence-electron chi connectivity index (χ1n) is 6.90. The molecule has 6 nitrogen and oxygen atoms in total. The zero-order valence-corrected chi connectivity index (χ0v) is 12.7. The number of carbonyl (C=O) groups is 2. The van der Waals surface area contributed by atoms with Gasteiger partial charge in [0, 0.05) is 14.2 Å². The number of amides is 2. The van der Waals surface area contributed by atoms with Crippen LogP contribution >= 0.6 is 0 Å². The highest BCUT2D eigenvalue weighted by molar-refractivity contribution is 6.21. The van der Waals surface area contributed by atoms with E-state index >= 15 is 0 Å². The number of hydrogen-bond donors (Lipinski definition) is 0. The molecule has 3 rings (SSSR count). The Morgan fingerprint density at radius 1 is 1.05 bits per heavy atom. The molecule has 0 bridgehead atoms. The van der Waals surface area contributed by atoms with E-state index in [9.17, 15) is 9.59 Å². The van der Waals surface area contributed by atoms with E-state index in [2.05, 4.69) is 0 Å². The molecule has 0 aromatic heterocycles. The Labute approximate surface area is 128 Å². The lowest BCUT2D eigenvalue weighted by atomic mass is 10.1. The Balaban J connectivity index is 1.87. The van der Waals surface area contributed by atoms with E-state index in [0.717, 1.165) is 4.90 Å². The third kappa shape index (κ3) is 2.16. The van der Waals surface area contributed by atoms with Crippen LogP contribution < -0.4 is 0 Å². The van der Waals surface area contributed by atoms with Crippen molar-refractivity contribution in [1.29, 1.82) is 0 Å². The van der Waals surface area contributed by atoms with Crippen LogP contribution in [0.3, 0.4) is 0 Å². The Bertz CT molecular complexity index is 635. The molecule has 2 amide bonds. The second-order valence-electron chi connectivity index (χ2n) is 5.41. The van der Waals surface area contributed by atoms with Gasteiger partial charge in [-0.25, -0.2) is 0 Å². The average molecular weight is 303 g/mol. The summed E-state index contributed by atoms with van der Waals surface area (Å²) >= 11 is 0. The summed E-state index contributed by atoms with van der Waals surface area (Å²) in [6.07, 6.45) is 3.37. The minimum absolute atomic E-state index is 0.0364. The fraction of sp³-hybridized carbons (Fsp3) is 0.375. The van der Waals surface area contributed by atoms with E-state index in [1.165, 1.54) is 14.2 Å². The SMILES string of the molecule is COC1(C)C=CC(CN2C(=O)c3ccccc3C2=O)(OC)O1. The summed E-state index contributed by atoms with van der Waals surface area (Å²) in [5.41, 5.74) is 0.797. The van der Waals surface area contributed by atoms with Gasteiger partial charge in [-0.05, 0) is 31.2 Å². The monoisotopic (exact) mass is 303 g/mol. The van der Waals surface area contributed by atoms with E-state index in [1.807, 2.05) is 0 Å². The molecule has 2 unspecified atom stereocenters. The maximum absolute atomic E-state index is 12.4. The van der Waals surface area contributed by atoms with Crippen molar-refractivity contribution in [2.45, 2.75) is 18.5 Å². The van der Waals surface area contributed by atoms with Gasteiger partial charge in [0.25, 0.3) is 11.8 Å². The fourth-order valence-electron chi connectivity index (χ4n) is 2.66. The fourth-order valence-corrected chi connectivity index (χ4v) is 2.66. The summed E-state index contributed by atoms with van der Waals surface area (Å²) in [5.74, 6) is -2.85. The second kappa shape index (κ2) is 5.01. The van der Waals surface area contributed by atoms with Crippen LogP contribution in [0.4, 0.5) is 0 Å². The highest BCUT2D eigenvalue weighted by Crippen LogP contribution is 2.35. The van der Waals surface area contributed by atoms with Gasteiger partial charge in [-0.3, -0.25) is 14.5 Å². The van der Waals surface area contributed by atoms with Crippen molar-refractivity contribution in [3.05, 3.63) is 47.5 Å². The lowest BCUT2D eigenvalue weighted by Crippen LogP contribution is -2.48. The Morgan fingerprint density at radius 3 is 2.09 bits per heavy atom. The zero-order valence-electron chi connectivity index (χ0n) is 12.7. The van der Waals surface area contributed by atoms with Crippen LogP contribution in [0.1, 0.15) is 27.6 Å². The topological polar surface area (TPSA) is 65.1 Å². The molecule has 116 valence electrons. The third-order valence-electron chi connectivity index (χ3n) is 4.02. The Hall–Kier alpha value is -2.02. The van der Waals surface area contributed by atoms with Crippen molar-refractivity contribution < 1.29 is 23.8 Å². The summed E-state index contributed by atoms with van der Waals surface area (Å²) in [4.78, 5) is 26.0. The number of ether oxygens (including phenoxy) is 3. The summed E-state index contributed by atoms with van der Waals surface area (Å²) in [6.45, 7) is 1.69. The minimum Gasteiger partial charge on any atom is -0.350 e. The normalized spacial score (nSPS) is 30.2. The molecule has 0 radical (unpaired) electrons. The summed E-state index contributed by atoms with van der Waals surface area (Å²) in [5, 5.41) is 0. The van der Waals surface area contributed by atoms with Gasteiger partial charge < -0.3 is 14.2 Å². The van der Waals surface area contributed by atoms with Crippen molar-refractivity contribution in [3.63, 3.8) is 0 Å². The molecular weight excluding hydrogens is 286 g/mol. The highest BCUT2D eigenvalue weighted by atomic mass is 16.8. The van der Waals surface area contributed by atoms with Crippen LogP contribution in [0.15, 0.2) is 36.4 Å². The maximum Gasteiger partial charge on any atom is 0.261 e. The molecule has 22 heavy (non-hydrogen) atoms. The summed E-state index contributed by atoms with van der Waals surface area (Å²) < 4.78 is 16.5. The number of hydrogen-bond acceptors (Lipinski definition) is 5. The number of nitrogens with zero attached hydrogens (tertiary/aromatic N) is 1. The molecule has 0 N–H and O–H groups in total. The van der Waals surface area contributed by atoms with Crippen LogP contribution in [0.25, 0.3) is 0 Å². The lowest BCUT2D eigenvalue weighted by molar-refractivity contribution is -0.287. The Morgan fingerprint density at radius 2 is 1.64 bits per heavy atom. The summed E-state index contributed by atoms with van der Waals surface area (Å²) in [7, 11) is 2.97. The maximum atomic E-state index is 12.4. The molecule has 0 saturated heterocycles. The van der Waals surface area contributed by atoms with Crippen LogP contribution in [0.2, 0.25) is 0 Å². The standard InChI is InChI=1S/C16H17NO5/c1-15(20-2)8-9-16(21-3,22-15)10-17-13(18)11-6-4-5-7-12(11)14(17)19/h4-9H,10H2,1-3H3. The van der Waals surface area contributed by atoms with Gasteiger partial charge >= 0.3 is 0 Å². The molecular formula is C16H17NO5. The second-order valence-corrected chi connectivity index (χ2v) is 5.41. The number of methoxy groups -OCH3 is 2. The van der Waals surface area contributed by atoms with E-state index in [0.29, 0.717) is 11.1 Å². The van der Waals surface area contributed by atoms with Gasteiger partial charge in [0.15, 0.2) is 5.79 Å². The van der Waals surface area contributed by atoms with E-state index in [4.69, 9.17) is 14.2 Å². The van der Waals surface area contributed by atoms with Crippen LogP contribution in [-0.4, -0.2) is 49.1 Å². The van der Waals surface area contributed by atoms with Gasteiger partial charge in [0.1, 0.15) is 0 Å². The molecule has 0 saturated carbocycles. The number of fused-ring (bicyclic) bond motifs is 1. The number of rotatable bonds is 4. The van der Waals surface area contributed by atoms with Crippen LogP contribution in [-0.2, 0) is 14.2 Å². The number of benzene rings is 1. The quantitative estimate of drug-likeness (QED) is 0.624. The summed E-state index contributed by atoms with van der Waals surface area (Å²) in [6, 6.07) is 6.74. The molecule has 2 aliphatic rings. The van der Waals surface area contributed by atoms with Crippen LogP contribution in [0.5, 0.6) is 0 Å². The van der Waals surface area contributed by atoms with E-state index in [1.54, 1.807) is 43.3 Å². The molecule has 6 heteroatoms. The first kappa shape index (κ1) is 14.9. The first-order valence-corrected chi connectivity index (χ1v) is 6.90. The first-order chi connectivity index (χ1) is 10.4. The van der Waals surface area contributed by atoms with Gasteiger partial charge in [-0.1, -0.05) is 12.1 Å². The zero-order chi connectivity index (χ0) is 16.0. The lowest BCUT2D eigenvalue weighted by Gasteiger charge is -2.33. The molecule has 2 aliphatic heterocycles. The average Bonchev–Trinajstić information content (AvgIpc) is 3.00. The van der Waals surface area contributed by atoms with Crippen molar-refractivity contribution in [2.75, 3.05) is 20.8 Å². The molecule has 0 aliphatic carbocycles. The number of carbonyl (C=O) groups excluding carboxylic acids is 2. The number of imide groups is 1. The molecule has 1 aromatic carbocycles. The van der Waals surface area contributed by atoms with Crippen molar-refractivity contribution in [1.82, 2.24) is 4.90 Å². The largest absolute Gasteiger partial charge is 0.350 e. The minimum atomic E-state index is -1.21. The molecule has 2 atom stereocenters. The molecule has 0 spiro atoms. The molecule has 0 fully saturated rings. The van der Waals surface area contributed by atoms with Crippen LogP contribution in [0, 0.1) is 0 Å². The van der Waals surface area contributed by atoms with Crippen molar-refractivity contribution >= 4 is 11.8 Å². The Kier molecular flexibility index (Phi) is 3.40. The molecule has 1 aromatic rings. The van der Waals surface area contributed by atoms with Crippen molar-refractivity contribution in [2.24, 2.45) is 0 Å². The predicted molar refractivity (Wildman–Crippen MR) is 77.2 cm³/mol. The van der Waals surface area contributed by atoms with E-state index in [-0.39, 0.29) is 18.4 Å². The van der Waals surface area contributed by atoms with Gasteiger partial charge in [-0.15, -0.1) is 0 Å². The highest BCUT2D eigenvalue weighted by Gasteiger charge is 2.47. The predicted octanol–water partition coefficient (Wildman–Crippen LogP) is 1.57. The van der Waals surface area contributed by atoms with Crippen molar-refractivity contribution in [3.8, 4) is 0 Å². The third-order valence-corrected chi connectivity index (χ3v) is 4.02. The van der Waals surface area contributed by atoms with Gasteiger partial charge in [0.2, 0.25) is 5.79 Å². The van der Waals surface area contributed by atoms with E-state index < -0.39 is 11.6 Å². The van der Waals surface area contributed by atoms with Gasteiger partial charge in [-0.2, -0.15) is 0 Å². The smallest absolute Gasteiger partial charge is 0.261 e.